The van der Waals surface area contributed by atoms with E-state index in [-0.39, 0.29) is 18.1 Å². The third-order valence-electron chi connectivity index (χ3n) is 3.51. The SMILES string of the molecule is Cc1csc(NC(=O)CN2CCN(c3ccc(F)c(F)c3)C2=O)n1. The zero-order valence-electron chi connectivity index (χ0n) is 12.8. The van der Waals surface area contributed by atoms with Crippen LogP contribution in [0.25, 0.3) is 0 Å². The third-order valence-corrected chi connectivity index (χ3v) is 4.39. The van der Waals surface area contributed by atoms with E-state index in [2.05, 4.69) is 10.3 Å². The number of amides is 3. The topological polar surface area (TPSA) is 65.5 Å². The lowest BCUT2D eigenvalue weighted by molar-refractivity contribution is -0.116. The molecule has 1 saturated heterocycles. The van der Waals surface area contributed by atoms with Crippen LogP contribution in [0.15, 0.2) is 23.6 Å². The molecule has 2 aromatic rings. The lowest BCUT2D eigenvalue weighted by atomic mass is 10.3. The summed E-state index contributed by atoms with van der Waals surface area (Å²) in [5.41, 5.74) is 1.06. The molecule has 1 fully saturated rings. The normalized spacial score (nSPS) is 14.4. The van der Waals surface area contributed by atoms with Crippen molar-refractivity contribution >= 4 is 34.1 Å². The van der Waals surface area contributed by atoms with E-state index in [4.69, 9.17) is 0 Å². The summed E-state index contributed by atoms with van der Waals surface area (Å²) in [6.45, 7) is 2.31. The van der Waals surface area contributed by atoms with Crippen LogP contribution >= 0.6 is 11.3 Å². The minimum Gasteiger partial charge on any atom is -0.313 e. The zero-order chi connectivity index (χ0) is 17.3. The second kappa shape index (κ2) is 6.52. The number of hydrogen-bond donors (Lipinski definition) is 1. The Morgan fingerprint density at radius 1 is 1.33 bits per heavy atom. The molecule has 0 saturated carbocycles. The standard InChI is InChI=1S/C15H14F2N4O2S/c1-9-8-24-14(18-9)19-13(22)7-20-4-5-21(15(20)23)10-2-3-11(16)12(17)6-10/h2-3,6,8H,4-5,7H2,1H3,(H,18,19,22). The van der Waals surface area contributed by atoms with Gasteiger partial charge in [0.1, 0.15) is 6.54 Å². The van der Waals surface area contributed by atoms with E-state index >= 15 is 0 Å². The second-order valence-corrected chi connectivity index (χ2v) is 6.15. The highest BCUT2D eigenvalue weighted by molar-refractivity contribution is 7.13. The molecule has 9 heteroatoms. The van der Waals surface area contributed by atoms with Gasteiger partial charge in [-0.1, -0.05) is 0 Å². The maximum absolute atomic E-state index is 13.3. The second-order valence-electron chi connectivity index (χ2n) is 5.30. The summed E-state index contributed by atoms with van der Waals surface area (Å²) in [7, 11) is 0. The fourth-order valence-electron chi connectivity index (χ4n) is 2.37. The molecule has 0 unspecified atom stereocenters. The number of benzene rings is 1. The van der Waals surface area contributed by atoms with Crippen molar-refractivity contribution in [1.82, 2.24) is 9.88 Å². The Bertz CT molecular complexity index is 796. The van der Waals surface area contributed by atoms with Crippen LogP contribution in [0.4, 0.5) is 24.4 Å². The molecule has 3 amide bonds. The number of urea groups is 1. The van der Waals surface area contributed by atoms with Gasteiger partial charge in [-0.25, -0.2) is 18.6 Å². The summed E-state index contributed by atoms with van der Waals surface area (Å²) >= 11 is 1.30. The number of nitrogens with zero attached hydrogens (tertiary/aromatic N) is 3. The molecule has 126 valence electrons. The van der Waals surface area contributed by atoms with E-state index in [0.29, 0.717) is 18.2 Å². The van der Waals surface area contributed by atoms with Gasteiger partial charge in [-0.3, -0.25) is 9.69 Å². The van der Waals surface area contributed by atoms with Crippen molar-refractivity contribution in [1.29, 1.82) is 0 Å². The van der Waals surface area contributed by atoms with Crippen LogP contribution in [0.5, 0.6) is 0 Å². The van der Waals surface area contributed by atoms with E-state index < -0.39 is 17.7 Å². The molecule has 1 aromatic heterocycles. The summed E-state index contributed by atoms with van der Waals surface area (Å²) in [4.78, 5) is 31.1. The molecule has 0 spiro atoms. The van der Waals surface area contributed by atoms with Gasteiger partial charge in [-0.15, -0.1) is 11.3 Å². The first-order valence-electron chi connectivity index (χ1n) is 7.17. The first-order valence-corrected chi connectivity index (χ1v) is 8.05. The Kier molecular flexibility index (Phi) is 4.43. The Morgan fingerprint density at radius 2 is 2.12 bits per heavy atom. The molecule has 0 radical (unpaired) electrons. The Hall–Kier alpha value is -2.55. The maximum atomic E-state index is 13.3. The van der Waals surface area contributed by atoms with Crippen LogP contribution in [0, 0.1) is 18.6 Å². The van der Waals surface area contributed by atoms with E-state index in [0.717, 1.165) is 17.8 Å². The molecule has 0 atom stereocenters. The number of carbonyl (C=O) groups excluding carboxylic acids is 2. The number of nitrogens with one attached hydrogen (secondary N) is 1. The molecule has 1 aromatic carbocycles. The molecular formula is C15H14F2N4O2S. The van der Waals surface area contributed by atoms with Crippen LogP contribution in [0.1, 0.15) is 5.69 Å². The fourth-order valence-corrected chi connectivity index (χ4v) is 3.07. The highest BCUT2D eigenvalue weighted by Crippen LogP contribution is 2.22. The molecule has 0 bridgehead atoms. The average molecular weight is 352 g/mol. The van der Waals surface area contributed by atoms with Crippen LogP contribution < -0.4 is 10.2 Å². The van der Waals surface area contributed by atoms with E-state index in [1.807, 2.05) is 6.92 Å². The van der Waals surface area contributed by atoms with Gasteiger partial charge < -0.3 is 10.2 Å². The minimum atomic E-state index is -1.02. The number of rotatable bonds is 4. The summed E-state index contributed by atoms with van der Waals surface area (Å²) in [6.07, 6.45) is 0. The summed E-state index contributed by atoms with van der Waals surface area (Å²) in [5, 5.41) is 4.91. The number of aromatic nitrogens is 1. The number of carbonyl (C=O) groups is 2. The van der Waals surface area contributed by atoms with Crippen molar-refractivity contribution in [2.24, 2.45) is 0 Å². The van der Waals surface area contributed by atoms with Gasteiger partial charge in [-0.05, 0) is 19.1 Å². The largest absolute Gasteiger partial charge is 0.325 e. The van der Waals surface area contributed by atoms with Gasteiger partial charge in [0.05, 0.1) is 5.69 Å². The number of thiazole rings is 1. The molecule has 1 aliphatic heterocycles. The summed E-state index contributed by atoms with van der Waals surface area (Å²) in [6, 6.07) is 2.84. The first kappa shape index (κ1) is 16.3. The minimum absolute atomic E-state index is 0.127. The van der Waals surface area contributed by atoms with Crippen molar-refractivity contribution < 1.29 is 18.4 Å². The molecule has 3 rings (SSSR count). The lowest BCUT2D eigenvalue weighted by Crippen LogP contribution is -2.37. The van der Waals surface area contributed by atoms with Crippen molar-refractivity contribution in [3.63, 3.8) is 0 Å². The van der Waals surface area contributed by atoms with E-state index in [1.165, 1.54) is 27.2 Å². The van der Waals surface area contributed by atoms with Crippen LogP contribution in [-0.2, 0) is 4.79 Å². The molecule has 6 nitrogen and oxygen atoms in total. The predicted molar refractivity (Wildman–Crippen MR) is 86.2 cm³/mol. The predicted octanol–water partition coefficient (Wildman–Crippen LogP) is 2.61. The van der Waals surface area contributed by atoms with Gasteiger partial charge in [0.15, 0.2) is 16.8 Å². The van der Waals surface area contributed by atoms with Gasteiger partial charge in [-0.2, -0.15) is 0 Å². The molecule has 0 aliphatic carbocycles. The van der Waals surface area contributed by atoms with Crippen molar-refractivity contribution in [2.45, 2.75) is 6.92 Å². The van der Waals surface area contributed by atoms with Crippen molar-refractivity contribution in [3.05, 3.63) is 40.9 Å². The van der Waals surface area contributed by atoms with Gasteiger partial charge in [0.2, 0.25) is 5.91 Å². The van der Waals surface area contributed by atoms with Crippen molar-refractivity contribution in [2.75, 3.05) is 29.9 Å². The highest BCUT2D eigenvalue weighted by Gasteiger charge is 2.31. The Balaban J connectivity index is 1.63. The first-order chi connectivity index (χ1) is 11.4. The third kappa shape index (κ3) is 3.35. The van der Waals surface area contributed by atoms with E-state index in [1.54, 1.807) is 5.38 Å². The number of anilines is 2. The number of hydrogen-bond acceptors (Lipinski definition) is 4. The van der Waals surface area contributed by atoms with Crippen LogP contribution in [-0.4, -0.2) is 41.5 Å². The van der Waals surface area contributed by atoms with Crippen LogP contribution in [0.3, 0.4) is 0 Å². The fraction of sp³-hybridized carbons (Fsp3) is 0.267. The Labute approximate surface area is 140 Å². The molecule has 1 aliphatic rings. The molecule has 24 heavy (non-hydrogen) atoms. The number of halogens is 2. The van der Waals surface area contributed by atoms with E-state index in [9.17, 15) is 18.4 Å². The van der Waals surface area contributed by atoms with Gasteiger partial charge >= 0.3 is 6.03 Å². The molecule has 2 heterocycles. The lowest BCUT2D eigenvalue weighted by Gasteiger charge is -2.18. The monoisotopic (exact) mass is 352 g/mol. The van der Waals surface area contributed by atoms with Crippen molar-refractivity contribution in [3.8, 4) is 0 Å². The summed E-state index contributed by atoms with van der Waals surface area (Å²) in [5.74, 6) is -2.35. The smallest absolute Gasteiger partial charge is 0.313 e. The highest BCUT2D eigenvalue weighted by atomic mass is 32.1. The molecular weight excluding hydrogens is 338 g/mol. The quantitative estimate of drug-likeness (QED) is 0.920. The molecule has 1 N–H and O–H groups in total. The number of aryl methyl sites for hydroxylation is 1. The average Bonchev–Trinajstić information content (AvgIpc) is 3.09. The van der Waals surface area contributed by atoms with Gasteiger partial charge in [0.25, 0.3) is 0 Å². The maximum Gasteiger partial charge on any atom is 0.325 e. The van der Waals surface area contributed by atoms with Crippen LogP contribution in [0.2, 0.25) is 0 Å². The Morgan fingerprint density at radius 3 is 2.79 bits per heavy atom. The van der Waals surface area contributed by atoms with Gasteiger partial charge in [0, 0.05) is 30.2 Å². The zero-order valence-corrected chi connectivity index (χ0v) is 13.6. The summed E-state index contributed by atoms with van der Waals surface area (Å²) < 4.78 is 26.3.